The van der Waals surface area contributed by atoms with E-state index in [-0.39, 0.29) is 12.6 Å². The first-order valence-corrected chi connectivity index (χ1v) is 11.5. The van der Waals surface area contributed by atoms with Gasteiger partial charge in [-0.1, -0.05) is 28.1 Å². The Kier molecular flexibility index (Phi) is 6.76. The quantitative estimate of drug-likeness (QED) is 0.322. The molecule has 164 valence electrons. The number of hydrogen-bond acceptors (Lipinski definition) is 4. The zero-order valence-electron chi connectivity index (χ0n) is 17.5. The summed E-state index contributed by atoms with van der Waals surface area (Å²) in [5.41, 5.74) is 4.16. The van der Waals surface area contributed by atoms with Gasteiger partial charge >= 0.3 is 0 Å². The third kappa shape index (κ3) is 5.28. The maximum Gasteiger partial charge on any atom is 0.255 e. The number of aromatic nitrogens is 4. The van der Waals surface area contributed by atoms with Gasteiger partial charge in [0.25, 0.3) is 5.91 Å². The lowest BCUT2D eigenvalue weighted by Gasteiger charge is -2.08. The van der Waals surface area contributed by atoms with Crippen LogP contribution in [0, 0.1) is 13.8 Å². The third-order valence-corrected chi connectivity index (χ3v) is 6.56. The number of anilines is 1. The molecular formula is C23H21Br2N5O2. The van der Waals surface area contributed by atoms with Crippen molar-refractivity contribution in [2.45, 2.75) is 27.1 Å². The van der Waals surface area contributed by atoms with Crippen molar-refractivity contribution >= 4 is 43.5 Å². The van der Waals surface area contributed by atoms with Gasteiger partial charge in [0.1, 0.15) is 5.75 Å². The molecular weight excluding hydrogens is 538 g/mol. The van der Waals surface area contributed by atoms with Gasteiger partial charge in [-0.25, -0.2) is 4.68 Å². The van der Waals surface area contributed by atoms with Crippen LogP contribution >= 0.6 is 31.9 Å². The fraction of sp³-hybridized carbons (Fsp3) is 0.174. The molecule has 0 unspecified atom stereocenters. The Balaban J connectivity index is 1.38. The SMILES string of the molecule is Cc1nn(Cc2cccc(C(=O)Nc3cnn(COc4ccc(Br)cc4)c3)c2)c(C)c1Br. The van der Waals surface area contributed by atoms with E-state index < -0.39 is 0 Å². The molecule has 7 nitrogen and oxygen atoms in total. The fourth-order valence-electron chi connectivity index (χ4n) is 3.19. The van der Waals surface area contributed by atoms with Crippen molar-refractivity contribution in [2.24, 2.45) is 0 Å². The summed E-state index contributed by atoms with van der Waals surface area (Å²) >= 11 is 6.95. The van der Waals surface area contributed by atoms with Gasteiger partial charge in [-0.3, -0.25) is 9.48 Å². The number of nitrogens with one attached hydrogen (secondary N) is 1. The highest BCUT2D eigenvalue weighted by Gasteiger charge is 2.12. The van der Waals surface area contributed by atoms with E-state index in [1.165, 1.54) is 0 Å². The zero-order chi connectivity index (χ0) is 22.7. The highest BCUT2D eigenvalue weighted by molar-refractivity contribution is 9.10. The number of carbonyl (C=O) groups is 1. The lowest BCUT2D eigenvalue weighted by molar-refractivity contribution is 0.102. The van der Waals surface area contributed by atoms with E-state index in [1.54, 1.807) is 23.1 Å². The van der Waals surface area contributed by atoms with Crippen molar-refractivity contribution in [3.05, 3.63) is 92.4 Å². The van der Waals surface area contributed by atoms with Gasteiger partial charge < -0.3 is 10.1 Å². The molecule has 0 saturated heterocycles. The molecule has 0 bridgehead atoms. The van der Waals surface area contributed by atoms with Crippen LogP contribution in [-0.4, -0.2) is 25.5 Å². The molecule has 32 heavy (non-hydrogen) atoms. The lowest BCUT2D eigenvalue weighted by Crippen LogP contribution is -2.12. The number of hydrogen-bond donors (Lipinski definition) is 1. The first-order chi connectivity index (χ1) is 15.4. The van der Waals surface area contributed by atoms with Crippen LogP contribution in [0.25, 0.3) is 0 Å². The first kappa shape index (κ1) is 22.3. The molecule has 0 atom stereocenters. The van der Waals surface area contributed by atoms with Gasteiger partial charge in [-0.05, 0) is 71.7 Å². The summed E-state index contributed by atoms with van der Waals surface area (Å²) in [4.78, 5) is 12.8. The predicted molar refractivity (Wildman–Crippen MR) is 130 cm³/mol. The molecule has 0 saturated carbocycles. The maximum atomic E-state index is 12.8. The minimum absolute atomic E-state index is 0.199. The number of nitrogens with zero attached hydrogens (tertiary/aromatic N) is 4. The Hall–Kier alpha value is -2.91. The second kappa shape index (κ2) is 9.70. The third-order valence-electron chi connectivity index (χ3n) is 4.88. The van der Waals surface area contributed by atoms with E-state index in [9.17, 15) is 4.79 Å². The van der Waals surface area contributed by atoms with Gasteiger partial charge in [-0.15, -0.1) is 0 Å². The Labute approximate surface area is 202 Å². The molecule has 0 aliphatic heterocycles. The standard InChI is InChI=1S/C23H21Br2N5O2/c1-15-22(25)16(2)30(28-15)12-17-4-3-5-18(10-17)23(31)27-20-11-26-29(13-20)14-32-21-8-6-19(24)7-9-21/h3-11,13H,12,14H2,1-2H3,(H,27,31). The van der Waals surface area contributed by atoms with E-state index in [4.69, 9.17) is 4.74 Å². The Bertz CT molecular complexity index is 1250. The molecule has 0 spiro atoms. The molecule has 4 aromatic rings. The van der Waals surface area contributed by atoms with E-state index in [0.717, 1.165) is 31.6 Å². The molecule has 2 aromatic carbocycles. The fourth-order valence-corrected chi connectivity index (χ4v) is 3.73. The van der Waals surface area contributed by atoms with Gasteiger partial charge in [0.15, 0.2) is 6.73 Å². The van der Waals surface area contributed by atoms with Crippen LogP contribution < -0.4 is 10.1 Å². The molecule has 0 aliphatic rings. The molecule has 1 amide bonds. The van der Waals surface area contributed by atoms with Crippen molar-refractivity contribution in [3.63, 3.8) is 0 Å². The van der Waals surface area contributed by atoms with Crippen LogP contribution in [0.4, 0.5) is 5.69 Å². The van der Waals surface area contributed by atoms with Gasteiger partial charge in [0.05, 0.1) is 40.5 Å². The lowest BCUT2D eigenvalue weighted by atomic mass is 10.1. The second-order valence-electron chi connectivity index (χ2n) is 7.29. The molecule has 2 aromatic heterocycles. The van der Waals surface area contributed by atoms with Crippen LogP contribution in [0.2, 0.25) is 0 Å². The second-order valence-corrected chi connectivity index (χ2v) is 9.00. The van der Waals surface area contributed by atoms with Crippen LogP contribution in [0.1, 0.15) is 27.3 Å². The van der Waals surface area contributed by atoms with Crippen molar-refractivity contribution in [1.82, 2.24) is 19.6 Å². The monoisotopic (exact) mass is 557 g/mol. The van der Waals surface area contributed by atoms with Crippen LogP contribution in [0.5, 0.6) is 5.75 Å². The van der Waals surface area contributed by atoms with Crippen molar-refractivity contribution in [1.29, 1.82) is 0 Å². The Morgan fingerprint density at radius 1 is 1.12 bits per heavy atom. The Morgan fingerprint density at radius 3 is 2.62 bits per heavy atom. The molecule has 1 N–H and O–H groups in total. The number of rotatable bonds is 7. The molecule has 0 fully saturated rings. The van der Waals surface area contributed by atoms with Crippen LogP contribution in [0.3, 0.4) is 0 Å². The molecule has 0 aliphatic carbocycles. The highest BCUT2D eigenvalue weighted by Crippen LogP contribution is 2.21. The highest BCUT2D eigenvalue weighted by atomic mass is 79.9. The number of benzene rings is 2. The normalized spacial score (nSPS) is 10.9. The summed E-state index contributed by atoms with van der Waals surface area (Å²) in [7, 11) is 0. The first-order valence-electron chi connectivity index (χ1n) is 9.89. The van der Waals surface area contributed by atoms with Crippen molar-refractivity contribution in [3.8, 4) is 5.75 Å². The number of aryl methyl sites for hydroxylation is 1. The average molecular weight is 559 g/mol. The number of ether oxygens (including phenoxy) is 1. The minimum atomic E-state index is -0.199. The van der Waals surface area contributed by atoms with Crippen molar-refractivity contribution in [2.75, 3.05) is 5.32 Å². The summed E-state index contributed by atoms with van der Waals surface area (Å²) in [6.45, 7) is 4.80. The number of carbonyl (C=O) groups excluding carboxylic acids is 1. The van der Waals surface area contributed by atoms with Gasteiger partial charge in [-0.2, -0.15) is 10.2 Å². The number of amides is 1. The van der Waals surface area contributed by atoms with Crippen LogP contribution in [0.15, 0.2) is 69.9 Å². The molecule has 9 heteroatoms. The van der Waals surface area contributed by atoms with Crippen LogP contribution in [-0.2, 0) is 13.3 Å². The largest absolute Gasteiger partial charge is 0.471 e. The Morgan fingerprint density at radius 2 is 1.91 bits per heavy atom. The summed E-state index contributed by atoms with van der Waals surface area (Å²) in [6.07, 6.45) is 3.33. The summed E-state index contributed by atoms with van der Waals surface area (Å²) in [5.74, 6) is 0.538. The van der Waals surface area contributed by atoms with E-state index in [1.807, 2.05) is 61.0 Å². The molecule has 0 radical (unpaired) electrons. The van der Waals surface area contributed by atoms with E-state index >= 15 is 0 Å². The van der Waals surface area contributed by atoms with Crippen molar-refractivity contribution < 1.29 is 9.53 Å². The van der Waals surface area contributed by atoms with Gasteiger partial charge in [0.2, 0.25) is 0 Å². The molecule has 4 rings (SSSR count). The summed E-state index contributed by atoms with van der Waals surface area (Å²) < 4.78 is 11.2. The predicted octanol–water partition coefficient (Wildman–Crippen LogP) is 5.56. The van der Waals surface area contributed by atoms with E-state index in [0.29, 0.717) is 17.8 Å². The summed E-state index contributed by atoms with van der Waals surface area (Å²) in [6, 6.07) is 15.1. The minimum Gasteiger partial charge on any atom is -0.471 e. The topological polar surface area (TPSA) is 74.0 Å². The van der Waals surface area contributed by atoms with E-state index in [2.05, 4.69) is 47.4 Å². The summed E-state index contributed by atoms with van der Waals surface area (Å²) in [5, 5.41) is 11.7. The average Bonchev–Trinajstić information content (AvgIpc) is 3.33. The number of halogens is 2. The maximum absolute atomic E-state index is 12.8. The van der Waals surface area contributed by atoms with Gasteiger partial charge in [0, 0.05) is 10.0 Å². The zero-order valence-corrected chi connectivity index (χ0v) is 20.7. The smallest absolute Gasteiger partial charge is 0.255 e. The molecule has 2 heterocycles.